The van der Waals surface area contributed by atoms with Gasteiger partial charge >= 0.3 is 0 Å². The highest BCUT2D eigenvalue weighted by atomic mass is 19.1. The summed E-state index contributed by atoms with van der Waals surface area (Å²) in [4.78, 5) is 18.9. The average Bonchev–Trinajstić information content (AvgIpc) is 3.01. The fourth-order valence-electron chi connectivity index (χ4n) is 2.98. The standard InChI is InChI=1S/C19H23FN2O3/c1-12(2)7-8-17-21-14-11-22(10-9-15(14)25-17)19(23)18-13(20)5-4-6-16(18)24-3/h4-6,12H,7-11H2,1-3H3. The van der Waals surface area contributed by atoms with Crippen LogP contribution in [0, 0.1) is 11.7 Å². The van der Waals surface area contributed by atoms with E-state index in [1.54, 1.807) is 11.0 Å². The molecule has 0 unspecified atom stereocenters. The molecule has 2 aromatic rings. The summed E-state index contributed by atoms with van der Waals surface area (Å²) < 4.78 is 25.1. The summed E-state index contributed by atoms with van der Waals surface area (Å²) in [7, 11) is 1.43. The molecule has 0 saturated heterocycles. The summed E-state index contributed by atoms with van der Waals surface area (Å²) in [6.45, 7) is 5.12. The number of carbonyl (C=O) groups excluding carboxylic acids is 1. The van der Waals surface area contributed by atoms with Crippen molar-refractivity contribution in [2.24, 2.45) is 5.92 Å². The third-order valence-corrected chi connectivity index (χ3v) is 4.40. The Bertz CT molecular complexity index is 770. The maximum Gasteiger partial charge on any atom is 0.260 e. The number of aryl methyl sites for hydroxylation is 1. The third-order valence-electron chi connectivity index (χ3n) is 4.40. The molecule has 0 fully saturated rings. The summed E-state index contributed by atoms with van der Waals surface area (Å²) in [5.41, 5.74) is 0.741. The number of benzene rings is 1. The van der Waals surface area contributed by atoms with Crippen LogP contribution in [-0.2, 0) is 19.4 Å². The van der Waals surface area contributed by atoms with Crippen LogP contribution < -0.4 is 4.74 Å². The summed E-state index contributed by atoms with van der Waals surface area (Å²) >= 11 is 0. The average molecular weight is 346 g/mol. The fraction of sp³-hybridized carbons (Fsp3) is 0.474. The van der Waals surface area contributed by atoms with Crippen molar-refractivity contribution in [2.45, 2.75) is 39.7 Å². The number of nitrogens with zero attached hydrogens (tertiary/aromatic N) is 2. The molecule has 0 aliphatic carbocycles. The lowest BCUT2D eigenvalue weighted by Crippen LogP contribution is -2.36. The van der Waals surface area contributed by atoms with Crippen molar-refractivity contribution in [1.29, 1.82) is 0 Å². The number of rotatable bonds is 5. The Hall–Kier alpha value is -2.37. The quantitative estimate of drug-likeness (QED) is 0.830. The molecule has 1 aromatic carbocycles. The zero-order valence-electron chi connectivity index (χ0n) is 14.8. The predicted octanol–water partition coefficient (Wildman–Crippen LogP) is 3.61. The van der Waals surface area contributed by atoms with E-state index in [0.29, 0.717) is 25.4 Å². The Kier molecular flexibility index (Phi) is 5.06. The maximum atomic E-state index is 14.2. The number of ether oxygens (including phenoxy) is 1. The summed E-state index contributed by atoms with van der Waals surface area (Å²) in [6.07, 6.45) is 2.39. The lowest BCUT2D eigenvalue weighted by Gasteiger charge is -2.26. The summed E-state index contributed by atoms with van der Waals surface area (Å²) in [5, 5.41) is 0. The topological polar surface area (TPSA) is 55.6 Å². The monoisotopic (exact) mass is 346 g/mol. The Labute approximate surface area is 146 Å². The van der Waals surface area contributed by atoms with Crippen molar-refractivity contribution in [3.63, 3.8) is 0 Å². The van der Waals surface area contributed by atoms with Crippen LogP contribution in [0.25, 0.3) is 0 Å². The second-order valence-corrected chi connectivity index (χ2v) is 6.70. The predicted molar refractivity (Wildman–Crippen MR) is 91.1 cm³/mol. The van der Waals surface area contributed by atoms with E-state index in [1.807, 2.05) is 0 Å². The number of aromatic nitrogens is 1. The molecule has 25 heavy (non-hydrogen) atoms. The van der Waals surface area contributed by atoms with Gasteiger partial charge in [0.25, 0.3) is 5.91 Å². The first-order valence-corrected chi connectivity index (χ1v) is 8.58. The zero-order chi connectivity index (χ0) is 18.0. The molecule has 5 nitrogen and oxygen atoms in total. The van der Waals surface area contributed by atoms with Crippen molar-refractivity contribution in [2.75, 3.05) is 13.7 Å². The van der Waals surface area contributed by atoms with Gasteiger partial charge in [0, 0.05) is 19.4 Å². The van der Waals surface area contributed by atoms with Crippen LogP contribution >= 0.6 is 0 Å². The molecule has 0 bridgehead atoms. The number of methoxy groups -OCH3 is 1. The maximum absolute atomic E-state index is 14.2. The lowest BCUT2D eigenvalue weighted by atomic mass is 10.1. The van der Waals surface area contributed by atoms with E-state index >= 15 is 0 Å². The van der Waals surface area contributed by atoms with Gasteiger partial charge in [0.05, 0.1) is 13.7 Å². The molecule has 6 heteroatoms. The van der Waals surface area contributed by atoms with Crippen LogP contribution in [0.4, 0.5) is 4.39 Å². The molecule has 0 atom stereocenters. The summed E-state index contributed by atoms with van der Waals surface area (Å²) in [6, 6.07) is 4.38. The van der Waals surface area contributed by atoms with Gasteiger partial charge in [-0.3, -0.25) is 4.79 Å². The minimum atomic E-state index is -0.576. The second-order valence-electron chi connectivity index (χ2n) is 6.70. The Morgan fingerprint density at radius 2 is 2.24 bits per heavy atom. The van der Waals surface area contributed by atoms with Crippen LogP contribution in [0.3, 0.4) is 0 Å². The minimum absolute atomic E-state index is 0.0306. The molecule has 3 rings (SSSR count). The van der Waals surface area contributed by atoms with Crippen LogP contribution in [-0.4, -0.2) is 29.4 Å². The first-order valence-electron chi connectivity index (χ1n) is 8.58. The third kappa shape index (κ3) is 3.67. The van der Waals surface area contributed by atoms with Gasteiger partial charge in [-0.15, -0.1) is 0 Å². The van der Waals surface area contributed by atoms with Crippen molar-refractivity contribution in [1.82, 2.24) is 9.88 Å². The van der Waals surface area contributed by atoms with Crippen LogP contribution in [0.2, 0.25) is 0 Å². The smallest absolute Gasteiger partial charge is 0.260 e. The van der Waals surface area contributed by atoms with Gasteiger partial charge in [-0.25, -0.2) is 9.37 Å². The van der Waals surface area contributed by atoms with Crippen molar-refractivity contribution >= 4 is 5.91 Å². The molecule has 0 spiro atoms. The number of oxazole rings is 1. The first kappa shape index (κ1) is 17.5. The van der Waals surface area contributed by atoms with E-state index in [4.69, 9.17) is 9.15 Å². The Morgan fingerprint density at radius 1 is 1.44 bits per heavy atom. The number of fused-ring (bicyclic) bond motifs is 1. The highest BCUT2D eigenvalue weighted by molar-refractivity contribution is 5.97. The van der Waals surface area contributed by atoms with Gasteiger partial charge in [0.2, 0.25) is 0 Å². The van der Waals surface area contributed by atoms with E-state index < -0.39 is 5.82 Å². The molecule has 2 heterocycles. The first-order chi connectivity index (χ1) is 12.0. The van der Waals surface area contributed by atoms with E-state index in [-0.39, 0.29) is 17.2 Å². The molecular weight excluding hydrogens is 323 g/mol. The SMILES string of the molecule is COc1cccc(F)c1C(=O)N1CCc2oc(CCC(C)C)nc2C1. The van der Waals surface area contributed by atoms with Gasteiger partial charge in [0.1, 0.15) is 28.6 Å². The van der Waals surface area contributed by atoms with Gasteiger partial charge in [-0.05, 0) is 24.5 Å². The molecule has 0 saturated carbocycles. The van der Waals surface area contributed by atoms with Gasteiger partial charge in [-0.1, -0.05) is 19.9 Å². The number of amides is 1. The van der Waals surface area contributed by atoms with Crippen molar-refractivity contribution < 1.29 is 18.3 Å². The molecule has 1 aliphatic rings. The van der Waals surface area contributed by atoms with Gasteiger partial charge < -0.3 is 14.1 Å². The highest BCUT2D eigenvalue weighted by Crippen LogP contribution is 2.27. The molecule has 0 N–H and O–H groups in total. The van der Waals surface area contributed by atoms with Crippen molar-refractivity contribution in [3.8, 4) is 5.75 Å². The van der Waals surface area contributed by atoms with Crippen LogP contribution in [0.5, 0.6) is 5.75 Å². The van der Waals surface area contributed by atoms with E-state index in [2.05, 4.69) is 18.8 Å². The van der Waals surface area contributed by atoms with E-state index in [0.717, 1.165) is 30.2 Å². The van der Waals surface area contributed by atoms with Gasteiger partial charge in [-0.2, -0.15) is 0 Å². The fourth-order valence-corrected chi connectivity index (χ4v) is 2.98. The largest absolute Gasteiger partial charge is 0.496 e. The number of halogens is 1. The minimum Gasteiger partial charge on any atom is -0.496 e. The molecule has 0 radical (unpaired) electrons. The zero-order valence-corrected chi connectivity index (χ0v) is 14.8. The van der Waals surface area contributed by atoms with Crippen LogP contribution in [0.15, 0.2) is 22.6 Å². The number of carbonyl (C=O) groups is 1. The van der Waals surface area contributed by atoms with Crippen LogP contribution in [0.1, 0.15) is 48.0 Å². The van der Waals surface area contributed by atoms with E-state index in [9.17, 15) is 9.18 Å². The Balaban J connectivity index is 1.78. The van der Waals surface area contributed by atoms with Crippen molar-refractivity contribution in [3.05, 3.63) is 46.9 Å². The lowest BCUT2D eigenvalue weighted by molar-refractivity contribution is 0.0719. The normalized spacial score (nSPS) is 13.9. The highest BCUT2D eigenvalue weighted by Gasteiger charge is 2.29. The van der Waals surface area contributed by atoms with E-state index in [1.165, 1.54) is 19.2 Å². The second kappa shape index (κ2) is 7.25. The molecule has 1 amide bonds. The molecule has 1 aromatic heterocycles. The van der Waals surface area contributed by atoms with Gasteiger partial charge in [0.15, 0.2) is 5.89 Å². The number of hydrogen-bond donors (Lipinski definition) is 0. The molecular formula is C19H23FN2O3. The molecule has 1 aliphatic heterocycles. The number of hydrogen-bond acceptors (Lipinski definition) is 4. The molecule has 134 valence electrons. The summed E-state index contributed by atoms with van der Waals surface area (Å²) in [5.74, 6) is 1.42. The Morgan fingerprint density at radius 3 is 2.96 bits per heavy atom.